The summed E-state index contributed by atoms with van der Waals surface area (Å²) in [5.41, 5.74) is 3.17. The third-order valence-electron chi connectivity index (χ3n) is 5.68. The van der Waals surface area contributed by atoms with Crippen molar-refractivity contribution in [1.29, 1.82) is 0 Å². The summed E-state index contributed by atoms with van der Waals surface area (Å²) in [6.45, 7) is 1.95. The van der Waals surface area contributed by atoms with Crippen LogP contribution in [0.25, 0.3) is 0 Å². The first-order chi connectivity index (χ1) is 14.4. The average molecular weight is 399 g/mol. The van der Waals surface area contributed by atoms with E-state index in [0.717, 1.165) is 22.5 Å². The van der Waals surface area contributed by atoms with Crippen LogP contribution in [0, 0.1) is 6.92 Å². The number of hydrogen-bond acceptors (Lipinski definition) is 3. The van der Waals surface area contributed by atoms with E-state index in [9.17, 15) is 9.59 Å². The molecule has 0 bridgehead atoms. The molecule has 0 aromatic heterocycles. The molecule has 0 radical (unpaired) electrons. The van der Waals surface area contributed by atoms with Gasteiger partial charge in [-0.15, -0.1) is 0 Å². The predicted molar refractivity (Wildman–Crippen MR) is 121 cm³/mol. The van der Waals surface area contributed by atoms with Crippen LogP contribution in [0.4, 0.5) is 17.1 Å². The molecule has 0 aliphatic carbocycles. The van der Waals surface area contributed by atoms with Crippen molar-refractivity contribution in [2.24, 2.45) is 0 Å². The van der Waals surface area contributed by atoms with Crippen LogP contribution in [0.5, 0.6) is 0 Å². The van der Waals surface area contributed by atoms with Crippen LogP contribution in [0.2, 0.25) is 0 Å². The lowest BCUT2D eigenvalue weighted by atomic mass is 9.76. The van der Waals surface area contributed by atoms with Crippen LogP contribution in [0.3, 0.4) is 0 Å². The fourth-order valence-corrected chi connectivity index (χ4v) is 3.96. The highest BCUT2D eigenvalue weighted by Crippen LogP contribution is 2.46. The first-order valence-corrected chi connectivity index (χ1v) is 9.96. The summed E-state index contributed by atoms with van der Waals surface area (Å²) in [5.74, 6) is -0.282. The van der Waals surface area contributed by atoms with Crippen LogP contribution in [0.1, 0.15) is 17.5 Å². The number of nitrogens with zero attached hydrogens (tertiary/aromatic N) is 2. The van der Waals surface area contributed by atoms with Crippen molar-refractivity contribution >= 4 is 28.9 Å². The standard InChI is InChI=1S/C25H25N3O2/c1-18-9-7-8-12-22(18)26-24(30)25(19-13-15-20(16-14-19)27(2)3)17-23(29)28(25)21-10-5-4-6-11-21/h4-16H,17H2,1-3H3,(H,26,30)/t25-/m0/s1. The summed E-state index contributed by atoms with van der Waals surface area (Å²) in [7, 11) is 3.94. The number of aryl methyl sites for hydroxylation is 1. The number of carbonyl (C=O) groups excluding carboxylic acids is 2. The summed E-state index contributed by atoms with van der Waals surface area (Å²) in [6.07, 6.45) is 0.126. The molecular weight excluding hydrogens is 374 g/mol. The summed E-state index contributed by atoms with van der Waals surface area (Å²) < 4.78 is 0. The van der Waals surface area contributed by atoms with E-state index in [1.807, 2.05) is 105 Å². The Morgan fingerprint density at radius 2 is 1.57 bits per heavy atom. The Bertz CT molecular complexity index is 1080. The van der Waals surface area contributed by atoms with Gasteiger partial charge in [0, 0.05) is 31.2 Å². The second-order valence-corrected chi connectivity index (χ2v) is 7.81. The van der Waals surface area contributed by atoms with Crippen LogP contribution in [-0.4, -0.2) is 25.9 Å². The maximum atomic E-state index is 13.7. The zero-order chi connectivity index (χ0) is 21.3. The lowest BCUT2D eigenvalue weighted by Crippen LogP contribution is -2.67. The fourth-order valence-electron chi connectivity index (χ4n) is 3.96. The van der Waals surface area contributed by atoms with Crippen molar-refractivity contribution in [3.63, 3.8) is 0 Å². The minimum Gasteiger partial charge on any atom is -0.378 e. The molecule has 1 saturated heterocycles. The molecule has 1 aliphatic rings. The molecule has 5 heteroatoms. The number of hydrogen-bond donors (Lipinski definition) is 1. The zero-order valence-electron chi connectivity index (χ0n) is 17.4. The number of amides is 2. The number of carbonyl (C=O) groups is 2. The van der Waals surface area contributed by atoms with Crippen molar-refractivity contribution in [1.82, 2.24) is 0 Å². The molecule has 3 aromatic carbocycles. The highest BCUT2D eigenvalue weighted by molar-refractivity contribution is 6.17. The molecule has 0 spiro atoms. The van der Waals surface area contributed by atoms with Crippen LogP contribution in [-0.2, 0) is 15.1 Å². The van der Waals surface area contributed by atoms with Crippen LogP contribution < -0.4 is 15.1 Å². The Morgan fingerprint density at radius 3 is 2.17 bits per heavy atom. The Kier molecular flexibility index (Phi) is 5.04. The second kappa shape index (κ2) is 7.67. The number of para-hydroxylation sites is 2. The van der Waals surface area contributed by atoms with Gasteiger partial charge in [-0.2, -0.15) is 0 Å². The van der Waals surface area contributed by atoms with Gasteiger partial charge in [-0.05, 0) is 48.4 Å². The van der Waals surface area contributed by atoms with E-state index >= 15 is 0 Å². The predicted octanol–water partition coefficient (Wildman–Crippen LogP) is 4.33. The molecule has 1 aliphatic heterocycles. The Hall–Kier alpha value is -3.60. The third kappa shape index (κ3) is 3.22. The van der Waals surface area contributed by atoms with Gasteiger partial charge in [-0.3, -0.25) is 14.5 Å². The number of β-lactam (4-membered cyclic amide) rings is 1. The minimum absolute atomic E-state index is 0.0715. The molecular formula is C25H25N3O2. The number of benzene rings is 3. The minimum atomic E-state index is -1.09. The largest absolute Gasteiger partial charge is 0.378 e. The summed E-state index contributed by atoms with van der Waals surface area (Å²) in [4.78, 5) is 30.1. The number of rotatable bonds is 5. The highest BCUT2D eigenvalue weighted by Gasteiger charge is 2.58. The maximum Gasteiger partial charge on any atom is 0.255 e. The van der Waals surface area contributed by atoms with Gasteiger partial charge in [0.25, 0.3) is 5.91 Å². The summed E-state index contributed by atoms with van der Waals surface area (Å²) in [5, 5.41) is 3.07. The monoisotopic (exact) mass is 399 g/mol. The van der Waals surface area contributed by atoms with E-state index in [0.29, 0.717) is 5.69 Å². The van der Waals surface area contributed by atoms with E-state index in [2.05, 4.69) is 5.32 Å². The van der Waals surface area contributed by atoms with Crippen molar-refractivity contribution in [3.8, 4) is 0 Å². The molecule has 1 fully saturated rings. The molecule has 3 aromatic rings. The van der Waals surface area contributed by atoms with Crippen molar-refractivity contribution in [2.45, 2.75) is 18.9 Å². The van der Waals surface area contributed by atoms with Crippen LogP contribution in [0.15, 0.2) is 78.9 Å². The quantitative estimate of drug-likeness (QED) is 0.650. The van der Waals surface area contributed by atoms with Crippen molar-refractivity contribution in [2.75, 3.05) is 29.2 Å². The van der Waals surface area contributed by atoms with Gasteiger partial charge in [0.15, 0.2) is 5.54 Å². The number of nitrogens with one attached hydrogen (secondary N) is 1. The molecule has 1 heterocycles. The first-order valence-electron chi connectivity index (χ1n) is 9.96. The molecule has 5 nitrogen and oxygen atoms in total. The van der Waals surface area contributed by atoms with Gasteiger partial charge in [-0.25, -0.2) is 0 Å². The average Bonchev–Trinajstić information content (AvgIpc) is 2.74. The Labute approximate surface area is 176 Å². The zero-order valence-corrected chi connectivity index (χ0v) is 17.4. The van der Waals surface area contributed by atoms with Crippen molar-refractivity contribution < 1.29 is 9.59 Å². The summed E-state index contributed by atoms with van der Waals surface area (Å²) in [6, 6.07) is 24.9. The molecule has 152 valence electrons. The lowest BCUT2D eigenvalue weighted by Gasteiger charge is -2.50. The van der Waals surface area contributed by atoms with Gasteiger partial charge in [0.05, 0.1) is 6.42 Å². The van der Waals surface area contributed by atoms with E-state index in [-0.39, 0.29) is 18.2 Å². The molecule has 1 N–H and O–H groups in total. The maximum absolute atomic E-state index is 13.7. The number of anilines is 3. The highest BCUT2D eigenvalue weighted by atomic mass is 16.2. The smallest absolute Gasteiger partial charge is 0.255 e. The topological polar surface area (TPSA) is 52.7 Å². The SMILES string of the molecule is Cc1ccccc1NC(=O)[C@@]1(c2ccc(N(C)C)cc2)CC(=O)N1c1ccccc1. The Balaban J connectivity index is 1.80. The summed E-state index contributed by atoms with van der Waals surface area (Å²) >= 11 is 0. The molecule has 1 atom stereocenters. The van der Waals surface area contributed by atoms with E-state index in [1.165, 1.54) is 0 Å². The van der Waals surface area contributed by atoms with E-state index in [1.54, 1.807) is 4.90 Å². The van der Waals surface area contributed by atoms with E-state index in [4.69, 9.17) is 0 Å². The molecule has 30 heavy (non-hydrogen) atoms. The van der Waals surface area contributed by atoms with Gasteiger partial charge in [0.2, 0.25) is 5.91 Å². The van der Waals surface area contributed by atoms with Gasteiger partial charge in [0.1, 0.15) is 0 Å². The molecule has 2 amide bonds. The molecule has 0 unspecified atom stereocenters. The van der Waals surface area contributed by atoms with Crippen molar-refractivity contribution in [3.05, 3.63) is 90.0 Å². The van der Waals surface area contributed by atoms with Gasteiger partial charge >= 0.3 is 0 Å². The second-order valence-electron chi connectivity index (χ2n) is 7.81. The molecule has 0 saturated carbocycles. The van der Waals surface area contributed by atoms with Gasteiger partial charge < -0.3 is 10.2 Å². The molecule has 4 rings (SSSR count). The fraction of sp³-hybridized carbons (Fsp3) is 0.200. The Morgan fingerprint density at radius 1 is 0.933 bits per heavy atom. The normalized spacial score (nSPS) is 18.0. The lowest BCUT2D eigenvalue weighted by molar-refractivity contribution is -0.137. The van der Waals surface area contributed by atoms with Crippen LogP contribution >= 0.6 is 0 Å². The van der Waals surface area contributed by atoms with Gasteiger partial charge in [-0.1, -0.05) is 48.5 Å². The first kappa shape index (κ1) is 19.7. The van der Waals surface area contributed by atoms with E-state index < -0.39 is 5.54 Å². The third-order valence-corrected chi connectivity index (χ3v) is 5.68.